The lowest BCUT2D eigenvalue weighted by Gasteiger charge is -2.35. The van der Waals surface area contributed by atoms with Crippen molar-refractivity contribution >= 4 is 47.9 Å². The number of alkyl halides is 6. The molecule has 4 amide bonds. The number of carbonyl (C=O) groups is 4. The molecule has 17 heteroatoms. The fourth-order valence-electron chi connectivity index (χ4n) is 7.56. The molecule has 356 valence electrons. The smallest absolute Gasteiger partial charge is 0.418 e. The summed E-state index contributed by atoms with van der Waals surface area (Å²) in [5.41, 5.74) is -4.25. The summed E-state index contributed by atoms with van der Waals surface area (Å²) in [6, 6.07) is 20.0. The summed E-state index contributed by atoms with van der Waals surface area (Å²) in [5, 5.41) is 0. The SMILES string of the molecule is CC(C)(C)OC(=O)N1CCN(C(=O)/C=C/c2ccc(Sc3ccc(/C=C/C(=O)N4CCN(C(=O)OC(C)(C)C)CC4)c(-c4ccccc4)c3C(F)(F)F)c(C(F)(F)F)c2-c2ccccc2)CC1. The molecule has 6 rings (SSSR count). The summed E-state index contributed by atoms with van der Waals surface area (Å²) in [6.07, 6.45) is -6.41. The van der Waals surface area contributed by atoms with E-state index < -0.39 is 68.5 Å². The first-order chi connectivity index (χ1) is 31.4. The van der Waals surface area contributed by atoms with Gasteiger partial charge in [0.1, 0.15) is 11.2 Å². The third-order valence-electron chi connectivity index (χ3n) is 10.6. The lowest BCUT2D eigenvalue weighted by atomic mass is 9.93. The van der Waals surface area contributed by atoms with Crippen LogP contribution in [0.2, 0.25) is 0 Å². The van der Waals surface area contributed by atoms with Crippen LogP contribution in [-0.2, 0) is 31.4 Å². The van der Waals surface area contributed by atoms with E-state index in [9.17, 15) is 19.2 Å². The molecule has 67 heavy (non-hydrogen) atoms. The van der Waals surface area contributed by atoms with Crippen LogP contribution < -0.4 is 0 Å². The molecule has 0 radical (unpaired) electrons. The number of hydrogen-bond donors (Lipinski definition) is 0. The molecule has 0 spiro atoms. The number of ether oxygens (including phenoxy) is 2. The predicted octanol–water partition coefficient (Wildman–Crippen LogP) is 11.4. The van der Waals surface area contributed by atoms with E-state index in [1.165, 1.54) is 92.4 Å². The van der Waals surface area contributed by atoms with Gasteiger partial charge in [0.25, 0.3) is 0 Å². The molecule has 0 saturated carbocycles. The van der Waals surface area contributed by atoms with Gasteiger partial charge in [-0.3, -0.25) is 9.59 Å². The Balaban J connectivity index is 1.35. The monoisotopic (exact) mass is 950 g/mol. The molecule has 0 aliphatic carbocycles. The van der Waals surface area contributed by atoms with E-state index in [0.29, 0.717) is 11.8 Å². The van der Waals surface area contributed by atoms with Crippen molar-refractivity contribution in [1.29, 1.82) is 0 Å². The zero-order valence-electron chi connectivity index (χ0n) is 38.0. The Kier molecular flexibility index (Phi) is 15.2. The van der Waals surface area contributed by atoms with Crippen LogP contribution in [-0.4, -0.2) is 107 Å². The van der Waals surface area contributed by atoms with Crippen LogP contribution in [0.25, 0.3) is 34.4 Å². The molecule has 4 aromatic carbocycles. The molecule has 0 unspecified atom stereocenters. The third-order valence-corrected chi connectivity index (χ3v) is 11.7. The molecule has 2 heterocycles. The highest BCUT2D eigenvalue weighted by Gasteiger charge is 2.41. The Labute approximate surface area is 390 Å². The summed E-state index contributed by atoms with van der Waals surface area (Å²) in [7, 11) is 0. The second-order valence-corrected chi connectivity index (χ2v) is 19.0. The van der Waals surface area contributed by atoms with Crippen molar-refractivity contribution in [3.8, 4) is 22.3 Å². The number of benzene rings is 4. The molecule has 0 atom stereocenters. The van der Waals surface area contributed by atoms with Gasteiger partial charge in [-0.2, -0.15) is 26.3 Å². The van der Waals surface area contributed by atoms with Gasteiger partial charge < -0.3 is 29.1 Å². The van der Waals surface area contributed by atoms with Crippen molar-refractivity contribution in [1.82, 2.24) is 19.6 Å². The van der Waals surface area contributed by atoms with Gasteiger partial charge in [-0.15, -0.1) is 0 Å². The number of hydrogen-bond acceptors (Lipinski definition) is 7. The van der Waals surface area contributed by atoms with Gasteiger partial charge >= 0.3 is 24.5 Å². The molecular formula is C50H52F6N4O6S. The number of amides is 4. The summed E-state index contributed by atoms with van der Waals surface area (Å²) < 4.78 is 104. The highest BCUT2D eigenvalue weighted by Crippen LogP contribution is 2.51. The standard InChI is InChI=1S/C50H52F6N4O6S/c1-47(2,3)65-45(63)59-29-25-57(26-30-59)39(61)23-19-35-17-21-37(43(49(51,52)53)41(35)33-13-9-7-10-14-33)67-38-22-18-36(42(44(38)50(54,55)56)34-15-11-8-12-16-34)20-24-40(62)58-27-31-60(32-28-58)46(64)66-48(4,5)6/h7-24H,25-32H2,1-6H3/b23-19+,24-20+. The second-order valence-electron chi connectivity index (χ2n) is 17.9. The van der Waals surface area contributed by atoms with Gasteiger partial charge in [-0.05, 0) is 88.1 Å². The van der Waals surface area contributed by atoms with Crippen molar-refractivity contribution < 1.29 is 55.0 Å². The summed E-state index contributed by atoms with van der Waals surface area (Å²) in [5.74, 6) is -1.01. The van der Waals surface area contributed by atoms with Gasteiger partial charge in [-0.1, -0.05) is 84.6 Å². The van der Waals surface area contributed by atoms with E-state index in [-0.39, 0.29) is 85.7 Å². The van der Waals surface area contributed by atoms with Gasteiger partial charge in [0.05, 0.1) is 11.1 Å². The minimum absolute atomic E-state index is 0.000964. The first kappa shape index (κ1) is 50.2. The number of nitrogens with zero attached hydrogens (tertiary/aromatic N) is 4. The number of rotatable bonds is 8. The maximum atomic E-state index is 15.5. The van der Waals surface area contributed by atoms with Crippen molar-refractivity contribution in [2.24, 2.45) is 0 Å². The highest BCUT2D eigenvalue weighted by atomic mass is 32.2. The maximum Gasteiger partial charge on any atom is 0.418 e. The Morgan fingerprint density at radius 3 is 1.09 bits per heavy atom. The van der Waals surface area contributed by atoms with E-state index in [1.54, 1.807) is 53.7 Å². The lowest BCUT2D eigenvalue weighted by Crippen LogP contribution is -2.51. The van der Waals surface area contributed by atoms with Crippen LogP contribution in [0.5, 0.6) is 0 Å². The van der Waals surface area contributed by atoms with Gasteiger partial charge in [-0.25, -0.2) is 9.59 Å². The van der Waals surface area contributed by atoms with Crippen molar-refractivity contribution in [3.05, 3.63) is 119 Å². The first-order valence-corrected chi connectivity index (χ1v) is 22.4. The van der Waals surface area contributed by atoms with Crippen molar-refractivity contribution in [3.63, 3.8) is 0 Å². The molecule has 2 aliphatic heterocycles. The van der Waals surface area contributed by atoms with Crippen LogP contribution in [0.1, 0.15) is 63.8 Å². The quantitative estimate of drug-likeness (QED) is 0.128. The summed E-state index contributed by atoms with van der Waals surface area (Å²) >= 11 is 0.312. The Morgan fingerprint density at radius 1 is 0.478 bits per heavy atom. The summed E-state index contributed by atoms with van der Waals surface area (Å²) in [4.78, 5) is 56.7. The summed E-state index contributed by atoms with van der Waals surface area (Å²) in [6.45, 7) is 11.8. The zero-order valence-corrected chi connectivity index (χ0v) is 38.8. The van der Waals surface area contributed by atoms with Crippen LogP contribution in [0.4, 0.5) is 35.9 Å². The fourth-order valence-corrected chi connectivity index (χ4v) is 8.71. The number of carbonyl (C=O) groups excluding carboxylic acids is 4. The molecule has 0 N–H and O–H groups in total. The molecule has 2 aliphatic rings. The average Bonchev–Trinajstić information content (AvgIpc) is 3.26. The van der Waals surface area contributed by atoms with E-state index in [0.717, 1.165) is 24.3 Å². The molecule has 10 nitrogen and oxygen atoms in total. The highest BCUT2D eigenvalue weighted by molar-refractivity contribution is 7.99. The van der Waals surface area contributed by atoms with Crippen molar-refractivity contribution in [2.75, 3.05) is 52.4 Å². The second kappa shape index (κ2) is 20.3. The van der Waals surface area contributed by atoms with Gasteiger partial charge in [0.2, 0.25) is 11.8 Å². The van der Waals surface area contributed by atoms with Crippen LogP contribution in [0, 0.1) is 0 Å². The molecule has 2 saturated heterocycles. The number of piperazine rings is 2. The molecule has 0 bridgehead atoms. The Morgan fingerprint density at radius 2 is 0.791 bits per heavy atom. The lowest BCUT2D eigenvalue weighted by molar-refractivity contribution is -0.139. The largest absolute Gasteiger partial charge is 0.444 e. The van der Waals surface area contributed by atoms with E-state index in [1.807, 2.05) is 0 Å². The minimum atomic E-state index is -5.08. The molecule has 0 aromatic heterocycles. The molecule has 4 aromatic rings. The normalized spacial score (nSPS) is 15.3. The topological polar surface area (TPSA) is 99.7 Å². The van der Waals surface area contributed by atoms with Crippen LogP contribution >= 0.6 is 11.8 Å². The molecular weight excluding hydrogens is 899 g/mol. The van der Waals surface area contributed by atoms with Crippen LogP contribution in [0.3, 0.4) is 0 Å². The van der Waals surface area contributed by atoms with Crippen LogP contribution in [0.15, 0.2) is 107 Å². The van der Waals surface area contributed by atoms with E-state index in [4.69, 9.17) is 9.47 Å². The third kappa shape index (κ3) is 13.0. The molecule has 2 fully saturated rings. The predicted molar refractivity (Wildman–Crippen MR) is 245 cm³/mol. The number of halogens is 6. The van der Waals surface area contributed by atoms with E-state index in [2.05, 4.69) is 0 Å². The Hall–Kier alpha value is -6.23. The minimum Gasteiger partial charge on any atom is -0.444 e. The van der Waals surface area contributed by atoms with Gasteiger partial charge in [0.15, 0.2) is 0 Å². The first-order valence-electron chi connectivity index (χ1n) is 21.6. The van der Waals surface area contributed by atoms with Gasteiger partial charge in [0, 0.05) is 85.4 Å². The average molecular weight is 951 g/mol. The zero-order chi connectivity index (χ0) is 48.9. The Bertz CT molecular complexity index is 2330. The fraction of sp³-hybridized carbons (Fsp3) is 0.360. The van der Waals surface area contributed by atoms with Crippen molar-refractivity contribution in [2.45, 2.75) is 74.9 Å². The maximum absolute atomic E-state index is 15.5. The van der Waals surface area contributed by atoms with E-state index >= 15 is 26.3 Å².